The maximum absolute atomic E-state index is 14.2. The first-order chi connectivity index (χ1) is 17.6. The highest BCUT2D eigenvalue weighted by Crippen LogP contribution is 2.47. The number of carbonyl (C=O) groups excluding carboxylic acids is 2. The summed E-state index contributed by atoms with van der Waals surface area (Å²) >= 11 is 12.3. The second-order valence-corrected chi connectivity index (χ2v) is 9.78. The standard InChI is InChI=1S/C26H19Cl2N5O4/c1-31-25(37)33(20-9-17(27)8-18(28)10-20)24(36)26(31)14-32(19-6-7-30-22(11-19)23(34)35)13-21(26)16-4-2-15(12-29)3-5-16/h2-11,21H,13-14H2,1H3,(H,34,35)/t21-,26+/m0/s1. The molecule has 2 aliphatic rings. The number of carboxylic acids is 1. The average molecular weight is 536 g/mol. The Morgan fingerprint density at radius 2 is 1.76 bits per heavy atom. The van der Waals surface area contributed by atoms with Crippen molar-refractivity contribution >= 4 is 52.5 Å². The Kier molecular flexibility index (Phi) is 6.02. The number of halogens is 2. The van der Waals surface area contributed by atoms with E-state index in [0.717, 1.165) is 10.5 Å². The van der Waals surface area contributed by atoms with Crippen molar-refractivity contribution in [2.24, 2.45) is 0 Å². The SMILES string of the molecule is CN1C(=O)N(c2cc(Cl)cc(Cl)c2)C(=O)[C@]12CN(c1ccnc(C(=O)O)c1)C[C@H]2c1ccc(C#N)cc1. The molecule has 2 atom stereocenters. The number of likely N-dealkylation sites (N-methyl/N-ethyl adjacent to an activating group) is 1. The van der Waals surface area contributed by atoms with E-state index in [2.05, 4.69) is 11.1 Å². The lowest BCUT2D eigenvalue weighted by Gasteiger charge is -2.33. The van der Waals surface area contributed by atoms with Crippen LogP contribution in [0, 0.1) is 11.3 Å². The van der Waals surface area contributed by atoms with E-state index in [0.29, 0.717) is 17.8 Å². The first-order valence-corrected chi connectivity index (χ1v) is 11.9. The molecule has 2 fully saturated rings. The van der Waals surface area contributed by atoms with Gasteiger partial charge >= 0.3 is 12.0 Å². The molecule has 9 nitrogen and oxygen atoms in total. The van der Waals surface area contributed by atoms with Crippen molar-refractivity contribution in [2.75, 3.05) is 29.9 Å². The van der Waals surface area contributed by atoms with Crippen molar-refractivity contribution in [3.05, 3.63) is 87.7 Å². The van der Waals surface area contributed by atoms with Crippen molar-refractivity contribution in [1.29, 1.82) is 5.26 Å². The number of urea groups is 1. The van der Waals surface area contributed by atoms with Crippen LogP contribution in [0.4, 0.5) is 16.2 Å². The van der Waals surface area contributed by atoms with Gasteiger partial charge in [-0.2, -0.15) is 5.26 Å². The summed E-state index contributed by atoms with van der Waals surface area (Å²) in [7, 11) is 1.57. The van der Waals surface area contributed by atoms with Gasteiger partial charge in [0.25, 0.3) is 5.91 Å². The minimum absolute atomic E-state index is 0.104. The summed E-state index contributed by atoms with van der Waals surface area (Å²) in [5.41, 5.74) is 0.572. The topological polar surface area (TPSA) is 118 Å². The Morgan fingerprint density at radius 1 is 1.08 bits per heavy atom. The minimum Gasteiger partial charge on any atom is -0.477 e. The molecule has 2 saturated heterocycles. The molecule has 2 aromatic carbocycles. The highest BCUT2D eigenvalue weighted by Gasteiger charge is 2.64. The predicted octanol–water partition coefficient (Wildman–Crippen LogP) is 4.40. The molecular weight excluding hydrogens is 517 g/mol. The number of carboxylic acid groups (broad SMARTS) is 1. The summed E-state index contributed by atoms with van der Waals surface area (Å²) in [5.74, 6) is -2.13. The third kappa shape index (κ3) is 3.95. The maximum atomic E-state index is 14.2. The molecular formula is C26H19Cl2N5O4. The second kappa shape index (κ2) is 9.07. The van der Waals surface area contributed by atoms with Gasteiger partial charge in [0.15, 0.2) is 0 Å². The number of aromatic nitrogens is 1. The van der Waals surface area contributed by atoms with Crippen LogP contribution in [0.5, 0.6) is 0 Å². The molecule has 0 bridgehead atoms. The number of rotatable bonds is 4. The number of imide groups is 1. The number of aromatic carboxylic acids is 1. The smallest absolute Gasteiger partial charge is 0.354 e. The van der Waals surface area contributed by atoms with Crippen LogP contribution >= 0.6 is 23.2 Å². The third-order valence-electron chi connectivity index (χ3n) is 6.94. The number of nitriles is 1. The van der Waals surface area contributed by atoms with Gasteiger partial charge in [-0.1, -0.05) is 35.3 Å². The fourth-order valence-electron chi connectivity index (χ4n) is 5.14. The molecule has 37 heavy (non-hydrogen) atoms. The monoisotopic (exact) mass is 535 g/mol. The van der Waals surface area contributed by atoms with E-state index in [1.807, 2.05) is 4.90 Å². The number of hydrogen-bond acceptors (Lipinski definition) is 6. The van der Waals surface area contributed by atoms with Crippen molar-refractivity contribution < 1.29 is 19.5 Å². The van der Waals surface area contributed by atoms with E-state index in [4.69, 9.17) is 23.2 Å². The van der Waals surface area contributed by atoms with E-state index in [1.54, 1.807) is 37.4 Å². The van der Waals surface area contributed by atoms with Crippen LogP contribution < -0.4 is 9.80 Å². The minimum atomic E-state index is -1.33. The number of benzene rings is 2. The second-order valence-electron chi connectivity index (χ2n) is 8.91. The Balaban J connectivity index is 1.64. The van der Waals surface area contributed by atoms with Crippen molar-refractivity contribution in [1.82, 2.24) is 9.88 Å². The number of carbonyl (C=O) groups is 3. The molecule has 0 unspecified atom stereocenters. The summed E-state index contributed by atoms with van der Waals surface area (Å²) in [5, 5.41) is 19.2. The van der Waals surface area contributed by atoms with Crippen LogP contribution in [0.1, 0.15) is 27.5 Å². The van der Waals surface area contributed by atoms with Crippen LogP contribution in [-0.4, -0.2) is 58.6 Å². The number of anilines is 2. The lowest BCUT2D eigenvalue weighted by Crippen LogP contribution is -2.53. The maximum Gasteiger partial charge on any atom is 0.354 e. The Morgan fingerprint density at radius 3 is 2.38 bits per heavy atom. The van der Waals surface area contributed by atoms with Crippen molar-refractivity contribution in [2.45, 2.75) is 11.5 Å². The molecule has 0 saturated carbocycles. The molecule has 3 amide bonds. The van der Waals surface area contributed by atoms with Gasteiger partial charge < -0.3 is 14.9 Å². The fraction of sp³-hybridized carbons (Fsp3) is 0.192. The Bertz CT molecular complexity index is 1470. The van der Waals surface area contributed by atoms with Crippen LogP contribution in [0.2, 0.25) is 10.0 Å². The largest absolute Gasteiger partial charge is 0.477 e. The van der Waals surface area contributed by atoms with Gasteiger partial charge in [0.2, 0.25) is 0 Å². The molecule has 11 heteroatoms. The molecule has 5 rings (SSSR count). The van der Waals surface area contributed by atoms with Gasteiger partial charge in [0, 0.05) is 41.4 Å². The molecule has 3 aromatic rings. The van der Waals surface area contributed by atoms with Gasteiger partial charge in [-0.3, -0.25) is 4.79 Å². The highest BCUT2D eigenvalue weighted by atomic mass is 35.5. The summed E-state index contributed by atoms with van der Waals surface area (Å²) in [6.45, 7) is 0.412. The predicted molar refractivity (Wildman–Crippen MR) is 137 cm³/mol. The molecule has 1 spiro atoms. The van der Waals surface area contributed by atoms with E-state index >= 15 is 0 Å². The summed E-state index contributed by atoms with van der Waals surface area (Å²) in [4.78, 5) is 47.6. The summed E-state index contributed by atoms with van der Waals surface area (Å²) in [6.07, 6.45) is 1.39. The van der Waals surface area contributed by atoms with Crippen LogP contribution in [-0.2, 0) is 4.79 Å². The van der Waals surface area contributed by atoms with Crippen molar-refractivity contribution in [3.8, 4) is 6.07 Å². The molecule has 2 aliphatic heterocycles. The zero-order valence-corrected chi connectivity index (χ0v) is 20.9. The van der Waals surface area contributed by atoms with Crippen molar-refractivity contribution in [3.63, 3.8) is 0 Å². The molecule has 186 valence electrons. The van der Waals surface area contributed by atoms with E-state index in [1.165, 1.54) is 35.4 Å². The average Bonchev–Trinajstić information content (AvgIpc) is 3.37. The Hall–Kier alpha value is -4.13. The van der Waals surface area contributed by atoms with E-state index in [9.17, 15) is 24.8 Å². The fourth-order valence-corrected chi connectivity index (χ4v) is 5.65. The van der Waals surface area contributed by atoms with Gasteiger partial charge in [-0.25, -0.2) is 19.5 Å². The van der Waals surface area contributed by atoms with Crippen LogP contribution in [0.25, 0.3) is 0 Å². The Labute approximate surface area is 222 Å². The lowest BCUT2D eigenvalue weighted by molar-refractivity contribution is -0.124. The number of nitrogens with zero attached hydrogens (tertiary/aromatic N) is 5. The molecule has 1 N–H and O–H groups in total. The quantitative estimate of drug-likeness (QED) is 0.491. The first kappa shape index (κ1) is 24.6. The summed E-state index contributed by atoms with van der Waals surface area (Å²) in [6, 6.07) is 16.0. The van der Waals surface area contributed by atoms with Gasteiger partial charge in [0.05, 0.1) is 23.9 Å². The highest BCUT2D eigenvalue weighted by molar-refractivity contribution is 6.36. The van der Waals surface area contributed by atoms with Crippen LogP contribution in [0.3, 0.4) is 0 Å². The number of amides is 3. The molecule has 3 heterocycles. The number of hydrogen-bond donors (Lipinski definition) is 1. The lowest BCUT2D eigenvalue weighted by atomic mass is 9.80. The normalized spacial score (nSPS) is 21.1. The van der Waals surface area contributed by atoms with E-state index in [-0.39, 0.29) is 28.0 Å². The summed E-state index contributed by atoms with van der Waals surface area (Å²) < 4.78 is 0. The molecule has 1 aromatic heterocycles. The van der Waals surface area contributed by atoms with Crippen LogP contribution in [0.15, 0.2) is 60.8 Å². The third-order valence-corrected chi connectivity index (χ3v) is 7.37. The molecule has 0 aliphatic carbocycles. The zero-order valence-electron chi connectivity index (χ0n) is 19.4. The molecule has 0 radical (unpaired) electrons. The van der Waals surface area contributed by atoms with Gasteiger partial charge in [-0.05, 0) is 48.0 Å². The first-order valence-electron chi connectivity index (χ1n) is 11.2. The number of pyridine rings is 1. The zero-order chi connectivity index (χ0) is 26.5. The van der Waals surface area contributed by atoms with Gasteiger partial charge in [0.1, 0.15) is 11.2 Å². The van der Waals surface area contributed by atoms with Gasteiger partial charge in [-0.15, -0.1) is 0 Å². The van der Waals surface area contributed by atoms with E-state index < -0.39 is 29.4 Å².